The summed E-state index contributed by atoms with van der Waals surface area (Å²) in [6.45, 7) is 3.31. The van der Waals surface area contributed by atoms with Crippen molar-refractivity contribution in [2.45, 2.75) is 23.8 Å². The SMILES string of the molecule is CN(C)S(=O)(=O)c1cccc(NC2(C)CCOC2)c1N. The topological polar surface area (TPSA) is 84.7 Å². The van der Waals surface area contributed by atoms with Crippen LogP contribution in [0.4, 0.5) is 11.4 Å². The number of anilines is 2. The van der Waals surface area contributed by atoms with Gasteiger partial charge < -0.3 is 15.8 Å². The Morgan fingerprint density at radius 3 is 2.65 bits per heavy atom. The highest BCUT2D eigenvalue weighted by Gasteiger charge is 2.31. The molecule has 0 aliphatic carbocycles. The lowest BCUT2D eigenvalue weighted by molar-refractivity contribution is 0.185. The Morgan fingerprint density at radius 1 is 1.40 bits per heavy atom. The van der Waals surface area contributed by atoms with Crippen LogP contribution in [0.15, 0.2) is 23.1 Å². The standard InChI is InChI=1S/C13H21N3O3S/c1-13(7-8-19-9-13)15-10-5-4-6-11(12(10)14)20(17,18)16(2)3/h4-6,15H,7-9,14H2,1-3H3. The smallest absolute Gasteiger partial charge is 0.244 e. The number of nitrogens with zero attached hydrogens (tertiary/aromatic N) is 1. The Balaban J connectivity index is 2.38. The van der Waals surface area contributed by atoms with E-state index in [1.165, 1.54) is 20.2 Å². The number of sulfonamides is 1. The van der Waals surface area contributed by atoms with Crippen molar-refractivity contribution in [2.75, 3.05) is 38.4 Å². The number of nitrogens with two attached hydrogens (primary N) is 1. The number of ether oxygens (including phenoxy) is 1. The predicted octanol–water partition coefficient (Wildman–Crippen LogP) is 1.11. The van der Waals surface area contributed by atoms with Gasteiger partial charge in [0.15, 0.2) is 0 Å². The van der Waals surface area contributed by atoms with E-state index in [0.717, 1.165) is 10.7 Å². The van der Waals surface area contributed by atoms with E-state index in [4.69, 9.17) is 10.5 Å². The molecule has 3 N–H and O–H groups in total. The monoisotopic (exact) mass is 299 g/mol. The third kappa shape index (κ3) is 2.74. The number of hydrogen-bond acceptors (Lipinski definition) is 5. The normalized spacial score (nSPS) is 23.2. The molecule has 0 aromatic heterocycles. The zero-order valence-corrected chi connectivity index (χ0v) is 12.8. The van der Waals surface area contributed by atoms with Crippen LogP contribution in [0.3, 0.4) is 0 Å². The van der Waals surface area contributed by atoms with Gasteiger partial charge in [-0.15, -0.1) is 0 Å². The second kappa shape index (κ2) is 5.23. The van der Waals surface area contributed by atoms with Crippen LogP contribution < -0.4 is 11.1 Å². The summed E-state index contributed by atoms with van der Waals surface area (Å²) in [5.41, 5.74) is 6.69. The lowest BCUT2D eigenvalue weighted by atomic mass is 10.0. The molecule has 7 heteroatoms. The Labute approximate surface area is 120 Å². The Bertz CT molecular complexity index is 593. The molecular formula is C13H21N3O3S. The van der Waals surface area contributed by atoms with Crippen LogP contribution in [-0.2, 0) is 14.8 Å². The van der Waals surface area contributed by atoms with E-state index >= 15 is 0 Å². The van der Waals surface area contributed by atoms with Crippen LogP contribution in [-0.4, -0.2) is 45.6 Å². The maximum Gasteiger partial charge on any atom is 0.244 e. The molecule has 0 radical (unpaired) electrons. The summed E-state index contributed by atoms with van der Waals surface area (Å²) < 4.78 is 31.0. The summed E-state index contributed by atoms with van der Waals surface area (Å²) >= 11 is 0. The molecule has 1 aliphatic rings. The van der Waals surface area contributed by atoms with Gasteiger partial charge in [-0.05, 0) is 25.5 Å². The molecule has 1 aromatic carbocycles. The molecular weight excluding hydrogens is 278 g/mol. The fourth-order valence-electron chi connectivity index (χ4n) is 2.17. The molecule has 1 aromatic rings. The number of nitrogen functional groups attached to an aromatic ring is 1. The van der Waals surface area contributed by atoms with E-state index in [9.17, 15) is 8.42 Å². The summed E-state index contributed by atoms with van der Waals surface area (Å²) in [5.74, 6) is 0. The van der Waals surface area contributed by atoms with Crippen LogP contribution in [0.5, 0.6) is 0 Å². The predicted molar refractivity (Wildman–Crippen MR) is 79.2 cm³/mol. The van der Waals surface area contributed by atoms with Gasteiger partial charge in [0.25, 0.3) is 0 Å². The highest BCUT2D eigenvalue weighted by Crippen LogP contribution is 2.32. The number of benzene rings is 1. The summed E-state index contributed by atoms with van der Waals surface area (Å²) in [5, 5.41) is 3.30. The third-order valence-electron chi connectivity index (χ3n) is 3.48. The van der Waals surface area contributed by atoms with Gasteiger partial charge in [-0.2, -0.15) is 0 Å². The van der Waals surface area contributed by atoms with E-state index in [0.29, 0.717) is 18.9 Å². The third-order valence-corrected chi connectivity index (χ3v) is 5.35. The van der Waals surface area contributed by atoms with Crippen molar-refractivity contribution >= 4 is 21.4 Å². The van der Waals surface area contributed by atoms with Gasteiger partial charge in [-0.3, -0.25) is 0 Å². The van der Waals surface area contributed by atoms with Crippen molar-refractivity contribution in [3.8, 4) is 0 Å². The van der Waals surface area contributed by atoms with Gasteiger partial charge in [0.05, 0.1) is 23.5 Å². The largest absolute Gasteiger partial charge is 0.396 e. The Morgan fingerprint density at radius 2 is 2.10 bits per heavy atom. The van der Waals surface area contributed by atoms with Gasteiger partial charge in [0.2, 0.25) is 10.0 Å². The minimum absolute atomic E-state index is 0.120. The summed E-state index contributed by atoms with van der Waals surface area (Å²) in [6.07, 6.45) is 0.858. The number of para-hydroxylation sites is 1. The lowest BCUT2D eigenvalue weighted by Gasteiger charge is -2.26. The Hall–Kier alpha value is -1.31. The van der Waals surface area contributed by atoms with Crippen molar-refractivity contribution in [1.82, 2.24) is 4.31 Å². The quantitative estimate of drug-likeness (QED) is 0.814. The van der Waals surface area contributed by atoms with E-state index in [2.05, 4.69) is 5.32 Å². The van der Waals surface area contributed by atoms with E-state index in [1.54, 1.807) is 12.1 Å². The van der Waals surface area contributed by atoms with Crippen LogP contribution in [0.25, 0.3) is 0 Å². The van der Waals surface area contributed by atoms with E-state index in [-0.39, 0.29) is 16.1 Å². The first-order chi connectivity index (χ1) is 9.26. The van der Waals surface area contributed by atoms with Crippen LogP contribution >= 0.6 is 0 Å². The van der Waals surface area contributed by atoms with Crippen LogP contribution in [0.1, 0.15) is 13.3 Å². The van der Waals surface area contributed by atoms with Gasteiger partial charge in [-0.1, -0.05) is 6.07 Å². The fraction of sp³-hybridized carbons (Fsp3) is 0.538. The highest BCUT2D eigenvalue weighted by molar-refractivity contribution is 7.89. The number of nitrogens with one attached hydrogen (secondary N) is 1. The summed E-state index contributed by atoms with van der Waals surface area (Å²) in [7, 11) is -0.572. The molecule has 0 saturated carbocycles. The molecule has 6 nitrogen and oxygen atoms in total. The molecule has 112 valence electrons. The maximum atomic E-state index is 12.2. The maximum absolute atomic E-state index is 12.2. The van der Waals surface area contributed by atoms with Gasteiger partial charge >= 0.3 is 0 Å². The van der Waals surface area contributed by atoms with E-state index < -0.39 is 10.0 Å². The van der Waals surface area contributed by atoms with Crippen LogP contribution in [0.2, 0.25) is 0 Å². The lowest BCUT2D eigenvalue weighted by Crippen LogP contribution is -2.35. The molecule has 0 bridgehead atoms. The molecule has 0 spiro atoms. The van der Waals surface area contributed by atoms with E-state index in [1.807, 2.05) is 6.92 Å². The first kappa shape index (κ1) is 15.1. The molecule has 1 fully saturated rings. The zero-order valence-electron chi connectivity index (χ0n) is 12.0. The number of rotatable bonds is 4. The molecule has 1 aliphatic heterocycles. The van der Waals surface area contributed by atoms with Crippen molar-refractivity contribution in [3.63, 3.8) is 0 Å². The molecule has 20 heavy (non-hydrogen) atoms. The second-order valence-electron chi connectivity index (χ2n) is 5.49. The average Bonchev–Trinajstić information content (AvgIpc) is 2.78. The molecule has 2 rings (SSSR count). The summed E-state index contributed by atoms with van der Waals surface area (Å²) in [4.78, 5) is 0.120. The molecule has 1 saturated heterocycles. The first-order valence-electron chi connectivity index (χ1n) is 6.43. The molecule has 1 heterocycles. The minimum Gasteiger partial charge on any atom is -0.396 e. The van der Waals surface area contributed by atoms with Gasteiger partial charge in [0, 0.05) is 20.7 Å². The second-order valence-corrected chi connectivity index (χ2v) is 7.61. The van der Waals surface area contributed by atoms with Crippen molar-refractivity contribution in [2.24, 2.45) is 0 Å². The summed E-state index contributed by atoms with van der Waals surface area (Å²) in [6, 6.07) is 4.99. The number of hydrogen-bond donors (Lipinski definition) is 2. The molecule has 1 unspecified atom stereocenters. The van der Waals surface area contributed by atoms with Gasteiger partial charge in [0.1, 0.15) is 4.90 Å². The van der Waals surface area contributed by atoms with Crippen LogP contribution in [0, 0.1) is 0 Å². The minimum atomic E-state index is -3.55. The van der Waals surface area contributed by atoms with Gasteiger partial charge in [-0.25, -0.2) is 12.7 Å². The van der Waals surface area contributed by atoms with Crippen molar-refractivity contribution in [1.29, 1.82) is 0 Å². The average molecular weight is 299 g/mol. The zero-order chi connectivity index (χ0) is 15.0. The molecule has 0 amide bonds. The molecule has 1 atom stereocenters. The Kier molecular flexibility index (Phi) is 3.95. The first-order valence-corrected chi connectivity index (χ1v) is 7.87. The van der Waals surface area contributed by atoms with Crippen molar-refractivity contribution in [3.05, 3.63) is 18.2 Å². The highest BCUT2D eigenvalue weighted by atomic mass is 32.2. The van der Waals surface area contributed by atoms with Crippen molar-refractivity contribution < 1.29 is 13.2 Å². The fourth-order valence-corrected chi connectivity index (χ4v) is 3.20.